The average molecular weight is 420 g/mol. The van der Waals surface area contributed by atoms with Gasteiger partial charge in [-0.1, -0.05) is 6.07 Å². The number of aromatic nitrogens is 1. The fourth-order valence-corrected chi connectivity index (χ4v) is 3.03. The molecule has 0 spiro atoms. The maximum Gasteiger partial charge on any atom is 0.416 e. The molecule has 30 heavy (non-hydrogen) atoms. The lowest BCUT2D eigenvalue weighted by Crippen LogP contribution is -2.20. The van der Waals surface area contributed by atoms with E-state index in [1.165, 1.54) is 18.4 Å². The van der Waals surface area contributed by atoms with Crippen LogP contribution in [0.3, 0.4) is 0 Å². The molecule has 2 aromatic carbocycles. The van der Waals surface area contributed by atoms with E-state index in [0.29, 0.717) is 35.2 Å². The van der Waals surface area contributed by atoms with Crippen molar-refractivity contribution < 1.29 is 27.1 Å². The number of methoxy groups -OCH3 is 2. The van der Waals surface area contributed by atoms with E-state index < -0.39 is 11.7 Å². The molecule has 0 aliphatic carbocycles. The van der Waals surface area contributed by atoms with Gasteiger partial charge in [0.05, 0.1) is 25.5 Å². The van der Waals surface area contributed by atoms with E-state index in [1.54, 1.807) is 14.2 Å². The molecule has 1 heterocycles. The Labute approximate surface area is 173 Å². The van der Waals surface area contributed by atoms with Crippen molar-refractivity contribution in [2.75, 3.05) is 27.8 Å². The molecular weight excluding hydrogens is 397 g/mol. The summed E-state index contributed by atoms with van der Waals surface area (Å²) in [6, 6.07) is 10.6. The summed E-state index contributed by atoms with van der Waals surface area (Å²) in [5.41, 5.74) is 1.62. The Morgan fingerprint density at radius 3 is 2.33 bits per heavy atom. The largest absolute Gasteiger partial charge is 0.493 e. The SMILES string of the molecule is COc1ccc(CCN(C)Cc2coc(-c3ccc(C(F)(F)F)cc3)n2)cc1OC. The number of rotatable bonds is 8. The van der Waals surface area contributed by atoms with Gasteiger partial charge >= 0.3 is 6.18 Å². The topological polar surface area (TPSA) is 47.7 Å². The van der Waals surface area contributed by atoms with Crippen LogP contribution in [0.5, 0.6) is 11.5 Å². The van der Waals surface area contributed by atoms with Crippen molar-refractivity contribution in [3.63, 3.8) is 0 Å². The third-order valence-corrected chi connectivity index (χ3v) is 4.67. The summed E-state index contributed by atoms with van der Waals surface area (Å²) in [5.74, 6) is 1.68. The Hall–Kier alpha value is -3.00. The van der Waals surface area contributed by atoms with E-state index in [9.17, 15) is 13.2 Å². The van der Waals surface area contributed by atoms with Crippen LogP contribution in [-0.2, 0) is 19.1 Å². The fourth-order valence-electron chi connectivity index (χ4n) is 3.03. The molecule has 3 rings (SSSR count). The summed E-state index contributed by atoms with van der Waals surface area (Å²) in [7, 11) is 5.17. The van der Waals surface area contributed by atoms with E-state index >= 15 is 0 Å². The van der Waals surface area contributed by atoms with Crippen molar-refractivity contribution in [3.8, 4) is 23.0 Å². The summed E-state index contributed by atoms with van der Waals surface area (Å²) in [5, 5.41) is 0. The molecule has 0 fully saturated rings. The highest BCUT2D eigenvalue weighted by Gasteiger charge is 2.30. The van der Waals surface area contributed by atoms with Crippen molar-refractivity contribution >= 4 is 0 Å². The highest BCUT2D eigenvalue weighted by atomic mass is 19.4. The molecule has 0 aliphatic heterocycles. The van der Waals surface area contributed by atoms with Gasteiger partial charge in [-0.25, -0.2) is 4.98 Å². The second kappa shape index (κ2) is 9.21. The predicted molar refractivity (Wildman–Crippen MR) is 107 cm³/mol. The molecule has 3 aromatic rings. The molecule has 160 valence electrons. The van der Waals surface area contributed by atoms with Crippen LogP contribution in [-0.4, -0.2) is 37.7 Å². The zero-order valence-corrected chi connectivity index (χ0v) is 17.0. The Morgan fingerprint density at radius 2 is 1.70 bits per heavy atom. The average Bonchev–Trinajstić information content (AvgIpc) is 3.19. The number of nitrogens with zero attached hydrogens (tertiary/aromatic N) is 2. The van der Waals surface area contributed by atoms with Crippen LogP contribution >= 0.6 is 0 Å². The minimum Gasteiger partial charge on any atom is -0.493 e. The highest BCUT2D eigenvalue weighted by Crippen LogP contribution is 2.31. The Balaban J connectivity index is 1.58. The zero-order valence-electron chi connectivity index (χ0n) is 17.0. The molecule has 0 saturated carbocycles. The number of oxazole rings is 1. The van der Waals surface area contributed by atoms with Gasteiger partial charge in [0.25, 0.3) is 0 Å². The number of alkyl halides is 3. The van der Waals surface area contributed by atoms with Gasteiger partial charge in [0.2, 0.25) is 5.89 Å². The third-order valence-electron chi connectivity index (χ3n) is 4.67. The Morgan fingerprint density at radius 1 is 1.00 bits per heavy atom. The lowest BCUT2D eigenvalue weighted by molar-refractivity contribution is -0.137. The van der Waals surface area contributed by atoms with E-state index in [-0.39, 0.29) is 0 Å². The first-order chi connectivity index (χ1) is 14.3. The lowest BCUT2D eigenvalue weighted by Gasteiger charge is -2.15. The van der Waals surface area contributed by atoms with Crippen LogP contribution in [0.25, 0.3) is 11.5 Å². The van der Waals surface area contributed by atoms with E-state index in [4.69, 9.17) is 13.9 Å². The van der Waals surface area contributed by atoms with Crippen LogP contribution in [0.4, 0.5) is 13.2 Å². The summed E-state index contributed by atoms with van der Waals surface area (Å²) in [6.07, 6.45) is -2.03. The minimum atomic E-state index is -4.36. The van der Waals surface area contributed by atoms with E-state index in [0.717, 1.165) is 30.7 Å². The normalized spacial score (nSPS) is 11.7. The molecule has 0 amide bonds. The van der Waals surface area contributed by atoms with Crippen molar-refractivity contribution in [1.29, 1.82) is 0 Å². The molecule has 8 heteroatoms. The second-order valence-electron chi connectivity index (χ2n) is 6.90. The number of hydrogen-bond acceptors (Lipinski definition) is 5. The zero-order chi connectivity index (χ0) is 21.7. The first kappa shape index (κ1) is 21.7. The van der Waals surface area contributed by atoms with Gasteiger partial charge in [0, 0.05) is 18.7 Å². The van der Waals surface area contributed by atoms with Crippen LogP contribution in [0.15, 0.2) is 53.1 Å². The molecule has 0 unspecified atom stereocenters. The maximum atomic E-state index is 12.7. The smallest absolute Gasteiger partial charge is 0.416 e. The summed E-state index contributed by atoms with van der Waals surface area (Å²) < 4.78 is 54.1. The van der Waals surface area contributed by atoms with Crippen molar-refractivity contribution in [2.45, 2.75) is 19.1 Å². The first-order valence-electron chi connectivity index (χ1n) is 9.31. The van der Waals surface area contributed by atoms with Gasteiger partial charge in [-0.3, -0.25) is 0 Å². The van der Waals surface area contributed by atoms with E-state index in [1.807, 2.05) is 25.2 Å². The van der Waals surface area contributed by atoms with Gasteiger partial charge in [-0.15, -0.1) is 0 Å². The summed E-state index contributed by atoms with van der Waals surface area (Å²) in [4.78, 5) is 6.48. The van der Waals surface area contributed by atoms with Crippen LogP contribution in [0.1, 0.15) is 16.8 Å². The summed E-state index contributed by atoms with van der Waals surface area (Å²) in [6.45, 7) is 1.33. The highest BCUT2D eigenvalue weighted by molar-refractivity contribution is 5.54. The fraction of sp³-hybridized carbons (Fsp3) is 0.318. The van der Waals surface area contributed by atoms with Gasteiger partial charge in [0.15, 0.2) is 11.5 Å². The van der Waals surface area contributed by atoms with Gasteiger partial charge in [-0.05, 0) is 55.4 Å². The van der Waals surface area contributed by atoms with Crippen molar-refractivity contribution in [2.24, 2.45) is 0 Å². The summed E-state index contributed by atoms with van der Waals surface area (Å²) >= 11 is 0. The van der Waals surface area contributed by atoms with Crippen molar-refractivity contribution in [3.05, 3.63) is 65.5 Å². The number of hydrogen-bond donors (Lipinski definition) is 0. The molecule has 0 aliphatic rings. The van der Waals surface area contributed by atoms with E-state index in [2.05, 4.69) is 9.88 Å². The standard InChI is InChI=1S/C22H23F3N2O3/c1-27(11-10-15-4-9-19(28-2)20(12-15)29-3)13-18-14-30-21(26-18)16-5-7-17(8-6-16)22(23,24)25/h4-9,12,14H,10-11,13H2,1-3H3. The molecule has 0 bridgehead atoms. The number of halogens is 3. The van der Waals surface area contributed by atoms with Gasteiger partial charge in [0.1, 0.15) is 6.26 Å². The lowest BCUT2D eigenvalue weighted by atomic mass is 10.1. The third kappa shape index (κ3) is 5.33. The van der Waals surface area contributed by atoms with Crippen LogP contribution < -0.4 is 9.47 Å². The van der Waals surface area contributed by atoms with Crippen LogP contribution in [0.2, 0.25) is 0 Å². The molecular formula is C22H23F3N2O3. The maximum absolute atomic E-state index is 12.7. The molecule has 0 atom stereocenters. The molecule has 5 nitrogen and oxygen atoms in total. The number of ether oxygens (including phenoxy) is 2. The Bertz CT molecular complexity index is 969. The minimum absolute atomic E-state index is 0.298. The van der Waals surface area contributed by atoms with Gasteiger partial charge < -0.3 is 18.8 Å². The number of benzene rings is 2. The monoisotopic (exact) mass is 420 g/mol. The molecule has 1 aromatic heterocycles. The quantitative estimate of drug-likeness (QED) is 0.510. The predicted octanol–water partition coefficient (Wildman–Crippen LogP) is 5.05. The number of likely N-dealkylation sites (N-methyl/N-ethyl adjacent to an activating group) is 1. The Kier molecular flexibility index (Phi) is 6.66. The molecule has 0 N–H and O–H groups in total. The van der Waals surface area contributed by atoms with Crippen LogP contribution in [0, 0.1) is 0 Å². The first-order valence-corrected chi connectivity index (χ1v) is 9.31. The molecule has 0 saturated heterocycles. The molecule has 0 radical (unpaired) electrons. The van der Waals surface area contributed by atoms with Crippen molar-refractivity contribution in [1.82, 2.24) is 9.88 Å². The van der Waals surface area contributed by atoms with Gasteiger partial charge in [-0.2, -0.15) is 13.2 Å². The second-order valence-corrected chi connectivity index (χ2v) is 6.90.